The highest BCUT2D eigenvalue weighted by Gasteiger charge is 2.17. The van der Waals surface area contributed by atoms with E-state index < -0.39 is 5.97 Å². The van der Waals surface area contributed by atoms with Crippen molar-refractivity contribution in [3.63, 3.8) is 0 Å². The van der Waals surface area contributed by atoms with Crippen molar-refractivity contribution in [2.45, 2.75) is 20.4 Å². The predicted octanol–water partition coefficient (Wildman–Crippen LogP) is 0.606. The fourth-order valence-electron chi connectivity index (χ4n) is 1.46. The molecule has 1 aromatic rings. The number of rotatable bonds is 4. The molecule has 1 rings (SSSR count). The van der Waals surface area contributed by atoms with Gasteiger partial charge in [0, 0.05) is 0 Å². The molecule has 2 N–H and O–H groups in total. The topological polar surface area (TPSA) is 81.3 Å². The van der Waals surface area contributed by atoms with Gasteiger partial charge in [0.1, 0.15) is 17.2 Å². The zero-order valence-electron chi connectivity index (χ0n) is 10.6. The number of carbonyl (C=O) groups is 1. The van der Waals surface area contributed by atoms with Gasteiger partial charge in [-0.1, -0.05) is 0 Å². The van der Waals surface area contributed by atoms with Gasteiger partial charge < -0.3 is 15.4 Å². The minimum absolute atomic E-state index is 0.174. The summed E-state index contributed by atoms with van der Waals surface area (Å²) in [6.45, 7) is 4.35. The second kappa shape index (κ2) is 5.58. The van der Waals surface area contributed by atoms with Crippen molar-refractivity contribution in [3.8, 4) is 0 Å². The van der Waals surface area contributed by atoms with Gasteiger partial charge in [-0.3, -0.25) is 0 Å². The highest BCUT2D eigenvalue weighted by molar-refractivity contribution is 5.95. The highest BCUT2D eigenvalue weighted by atomic mass is 16.5. The molecule has 6 heteroatoms. The number of aryl methyl sites for hydroxylation is 1. The van der Waals surface area contributed by atoms with Gasteiger partial charge in [-0.25, -0.2) is 14.8 Å². The quantitative estimate of drug-likeness (QED) is 0.774. The SMILES string of the molecule is CCOC(=O)c1c(C)nc(CN(C)C)nc1N. The zero-order chi connectivity index (χ0) is 13.0. The Labute approximate surface area is 101 Å². The Morgan fingerprint density at radius 3 is 2.53 bits per heavy atom. The van der Waals surface area contributed by atoms with Gasteiger partial charge in [-0.15, -0.1) is 0 Å². The molecule has 0 aromatic carbocycles. The summed E-state index contributed by atoms with van der Waals surface area (Å²) < 4.78 is 4.90. The number of carbonyl (C=O) groups excluding carboxylic acids is 1. The third kappa shape index (κ3) is 3.39. The average molecular weight is 238 g/mol. The van der Waals surface area contributed by atoms with E-state index in [2.05, 4.69) is 9.97 Å². The van der Waals surface area contributed by atoms with Crippen LogP contribution in [0.3, 0.4) is 0 Å². The molecule has 1 heterocycles. The molecule has 0 unspecified atom stereocenters. The first kappa shape index (κ1) is 13.4. The minimum atomic E-state index is -0.473. The molecule has 0 radical (unpaired) electrons. The van der Waals surface area contributed by atoms with E-state index in [-0.39, 0.29) is 11.4 Å². The van der Waals surface area contributed by atoms with E-state index in [1.807, 2.05) is 19.0 Å². The number of nitrogens with zero attached hydrogens (tertiary/aromatic N) is 3. The summed E-state index contributed by atoms with van der Waals surface area (Å²) in [6, 6.07) is 0. The molecular weight excluding hydrogens is 220 g/mol. The summed E-state index contributed by atoms with van der Waals surface area (Å²) in [5.74, 6) is 0.296. The van der Waals surface area contributed by atoms with Crippen LogP contribution in [-0.2, 0) is 11.3 Å². The summed E-state index contributed by atoms with van der Waals surface area (Å²) in [7, 11) is 3.82. The van der Waals surface area contributed by atoms with Crippen LogP contribution in [0.25, 0.3) is 0 Å². The zero-order valence-corrected chi connectivity index (χ0v) is 10.6. The summed E-state index contributed by atoms with van der Waals surface area (Å²) in [5, 5.41) is 0. The largest absolute Gasteiger partial charge is 0.462 e. The molecule has 0 atom stereocenters. The van der Waals surface area contributed by atoms with Crippen LogP contribution in [0.4, 0.5) is 5.82 Å². The van der Waals surface area contributed by atoms with Gasteiger partial charge in [0.2, 0.25) is 0 Å². The van der Waals surface area contributed by atoms with Crippen LogP contribution >= 0.6 is 0 Å². The van der Waals surface area contributed by atoms with Gasteiger partial charge in [0.05, 0.1) is 18.8 Å². The molecule has 17 heavy (non-hydrogen) atoms. The molecule has 0 spiro atoms. The van der Waals surface area contributed by atoms with E-state index in [0.29, 0.717) is 24.7 Å². The van der Waals surface area contributed by atoms with Crippen LogP contribution in [-0.4, -0.2) is 41.5 Å². The number of nitrogens with two attached hydrogens (primary N) is 1. The van der Waals surface area contributed by atoms with Gasteiger partial charge in [0.25, 0.3) is 0 Å². The number of nitrogen functional groups attached to an aromatic ring is 1. The van der Waals surface area contributed by atoms with Crippen LogP contribution in [0.5, 0.6) is 0 Å². The van der Waals surface area contributed by atoms with E-state index in [4.69, 9.17) is 10.5 Å². The van der Waals surface area contributed by atoms with E-state index in [9.17, 15) is 4.79 Å². The number of ether oxygens (including phenoxy) is 1. The van der Waals surface area contributed by atoms with Crippen molar-refractivity contribution < 1.29 is 9.53 Å². The van der Waals surface area contributed by atoms with Crippen molar-refractivity contribution in [1.82, 2.24) is 14.9 Å². The number of hydrogen-bond donors (Lipinski definition) is 1. The molecule has 1 aromatic heterocycles. The maximum atomic E-state index is 11.6. The monoisotopic (exact) mass is 238 g/mol. The summed E-state index contributed by atoms with van der Waals surface area (Å²) in [5.41, 5.74) is 6.57. The molecule has 0 saturated carbocycles. The Hall–Kier alpha value is -1.69. The first-order valence-corrected chi connectivity index (χ1v) is 5.40. The predicted molar refractivity (Wildman–Crippen MR) is 64.5 cm³/mol. The fourth-order valence-corrected chi connectivity index (χ4v) is 1.46. The van der Waals surface area contributed by atoms with Crippen LogP contribution in [0, 0.1) is 6.92 Å². The van der Waals surface area contributed by atoms with E-state index >= 15 is 0 Å². The van der Waals surface area contributed by atoms with Gasteiger partial charge in [0.15, 0.2) is 0 Å². The Morgan fingerprint density at radius 1 is 1.41 bits per heavy atom. The van der Waals surface area contributed by atoms with E-state index in [0.717, 1.165) is 0 Å². The normalized spacial score (nSPS) is 10.6. The summed E-state index contributed by atoms with van der Waals surface area (Å²) >= 11 is 0. The lowest BCUT2D eigenvalue weighted by Gasteiger charge is -2.12. The standard InChI is InChI=1S/C11H18N4O2/c1-5-17-11(16)9-7(2)13-8(6-15(3)4)14-10(9)12/h5-6H2,1-4H3,(H2,12,13,14). The number of anilines is 1. The molecule has 0 bridgehead atoms. The molecule has 0 saturated heterocycles. The lowest BCUT2D eigenvalue weighted by molar-refractivity contribution is 0.0525. The lowest BCUT2D eigenvalue weighted by atomic mass is 10.2. The summed E-state index contributed by atoms with van der Waals surface area (Å²) in [6.07, 6.45) is 0. The Balaban J connectivity index is 3.06. The van der Waals surface area contributed by atoms with Crippen LogP contribution in [0.2, 0.25) is 0 Å². The molecule has 94 valence electrons. The lowest BCUT2D eigenvalue weighted by Crippen LogP contribution is -2.18. The molecule has 0 aliphatic carbocycles. The second-order valence-electron chi connectivity index (χ2n) is 3.94. The van der Waals surface area contributed by atoms with Crippen LogP contribution in [0.15, 0.2) is 0 Å². The minimum Gasteiger partial charge on any atom is -0.462 e. The molecular formula is C11H18N4O2. The molecule has 0 amide bonds. The first-order valence-electron chi connectivity index (χ1n) is 5.40. The smallest absolute Gasteiger partial charge is 0.343 e. The van der Waals surface area contributed by atoms with Crippen molar-refractivity contribution in [2.24, 2.45) is 0 Å². The number of hydrogen-bond acceptors (Lipinski definition) is 6. The molecule has 0 aliphatic rings. The Kier molecular flexibility index (Phi) is 4.39. The van der Waals surface area contributed by atoms with Gasteiger partial charge in [-0.2, -0.15) is 0 Å². The fraction of sp³-hybridized carbons (Fsp3) is 0.545. The maximum absolute atomic E-state index is 11.6. The second-order valence-corrected chi connectivity index (χ2v) is 3.94. The van der Waals surface area contributed by atoms with Gasteiger partial charge in [-0.05, 0) is 27.9 Å². The van der Waals surface area contributed by atoms with E-state index in [1.54, 1.807) is 13.8 Å². The Bertz CT molecular complexity index is 395. The molecule has 0 fully saturated rings. The van der Waals surface area contributed by atoms with Crippen molar-refractivity contribution in [2.75, 3.05) is 26.4 Å². The third-order valence-electron chi connectivity index (χ3n) is 2.10. The first-order chi connectivity index (χ1) is 7.95. The van der Waals surface area contributed by atoms with Crippen LogP contribution < -0.4 is 5.73 Å². The van der Waals surface area contributed by atoms with Crippen molar-refractivity contribution in [1.29, 1.82) is 0 Å². The van der Waals surface area contributed by atoms with Crippen molar-refractivity contribution >= 4 is 11.8 Å². The Morgan fingerprint density at radius 2 is 2.06 bits per heavy atom. The summed E-state index contributed by atoms with van der Waals surface area (Å²) in [4.78, 5) is 21.9. The van der Waals surface area contributed by atoms with Gasteiger partial charge >= 0.3 is 5.97 Å². The number of aromatic nitrogens is 2. The molecule has 6 nitrogen and oxygen atoms in total. The third-order valence-corrected chi connectivity index (χ3v) is 2.10. The van der Waals surface area contributed by atoms with Crippen LogP contribution in [0.1, 0.15) is 28.8 Å². The van der Waals surface area contributed by atoms with E-state index in [1.165, 1.54) is 0 Å². The van der Waals surface area contributed by atoms with Crippen molar-refractivity contribution in [3.05, 3.63) is 17.1 Å². The number of esters is 1. The average Bonchev–Trinajstić information content (AvgIpc) is 2.15. The molecule has 0 aliphatic heterocycles. The highest BCUT2D eigenvalue weighted by Crippen LogP contribution is 2.14. The maximum Gasteiger partial charge on any atom is 0.343 e.